The second-order valence-corrected chi connectivity index (χ2v) is 14.5. The second-order valence-electron chi connectivity index (χ2n) is 14.1. The molecule has 3 aromatic carbocycles. The number of hydrogen-bond donors (Lipinski definition) is 2. The van der Waals surface area contributed by atoms with E-state index in [2.05, 4.69) is 51.9 Å². The number of benzene rings is 3. The topological polar surface area (TPSA) is 132 Å². The van der Waals surface area contributed by atoms with Gasteiger partial charge in [-0.15, -0.1) is 0 Å². The highest BCUT2D eigenvalue weighted by Crippen LogP contribution is 2.39. The van der Waals surface area contributed by atoms with Crippen molar-refractivity contribution >= 4 is 46.4 Å². The minimum Gasteiger partial charge on any atom is -0.385 e. The molecule has 10 nitrogen and oxygen atoms in total. The maximum Gasteiger partial charge on any atom is 0.255 e. The van der Waals surface area contributed by atoms with Crippen molar-refractivity contribution in [3.8, 4) is 17.2 Å². The van der Waals surface area contributed by atoms with Gasteiger partial charge in [-0.3, -0.25) is 19.7 Å². The van der Waals surface area contributed by atoms with Gasteiger partial charge in [0.05, 0.1) is 16.3 Å². The Morgan fingerprint density at radius 3 is 2.49 bits per heavy atom. The molecule has 1 saturated heterocycles. The quantitative estimate of drug-likeness (QED) is 0.170. The van der Waals surface area contributed by atoms with Crippen molar-refractivity contribution < 1.29 is 18.9 Å². The van der Waals surface area contributed by atoms with Gasteiger partial charge in [-0.05, 0) is 124 Å². The monoisotopic (exact) mass is 704 g/mol. The number of nitriles is 1. The fourth-order valence-electron chi connectivity index (χ4n) is 7.88. The van der Waals surface area contributed by atoms with E-state index in [9.17, 15) is 19.6 Å². The van der Waals surface area contributed by atoms with Crippen LogP contribution in [0, 0.1) is 43.9 Å². The first-order valence-electron chi connectivity index (χ1n) is 17.6. The minimum atomic E-state index is -0.617. The standard InChI is InChI=1S/C40H41ClN6O4/c1-23-4-9-28(38-24(2)45-51-25(38)3)17-36(23)46(32-12-10-29(19-42)34(41)18-32)21-27-7-5-26(6-8-27)20-43-31-11-13-33-30(16-31)22-47(40(33)50)35-14-15-37(48)44-39(35)49/h4,9-13,16-18,26-27,35,43H,5-8,14-15,20-22H2,1-3H3,(H,44,48,49). The molecule has 2 N–H and O–H groups in total. The number of nitrogens with zero attached hydrogens (tertiary/aromatic N) is 4. The third kappa shape index (κ3) is 6.95. The second kappa shape index (κ2) is 14.2. The number of halogens is 1. The Kier molecular flexibility index (Phi) is 9.58. The first kappa shape index (κ1) is 34.3. The summed E-state index contributed by atoms with van der Waals surface area (Å²) in [6.07, 6.45) is 4.92. The van der Waals surface area contributed by atoms with Gasteiger partial charge in [-0.1, -0.05) is 28.9 Å². The molecule has 51 heavy (non-hydrogen) atoms. The van der Waals surface area contributed by atoms with E-state index >= 15 is 0 Å². The predicted octanol–water partition coefficient (Wildman–Crippen LogP) is 7.61. The van der Waals surface area contributed by atoms with Crippen LogP contribution < -0.4 is 15.5 Å². The molecule has 0 radical (unpaired) electrons. The lowest BCUT2D eigenvalue weighted by Gasteiger charge is -2.35. The Balaban J connectivity index is 1.01. The summed E-state index contributed by atoms with van der Waals surface area (Å²) < 4.78 is 5.49. The highest BCUT2D eigenvalue weighted by molar-refractivity contribution is 6.32. The molecule has 2 aliphatic heterocycles. The number of nitrogens with one attached hydrogen (secondary N) is 2. The van der Waals surface area contributed by atoms with Gasteiger partial charge in [0.15, 0.2) is 0 Å². The van der Waals surface area contributed by atoms with E-state index in [4.69, 9.17) is 16.1 Å². The number of piperidine rings is 1. The molecule has 1 unspecified atom stereocenters. The van der Waals surface area contributed by atoms with E-state index in [0.29, 0.717) is 41.0 Å². The number of anilines is 3. The number of carbonyl (C=O) groups is 3. The summed E-state index contributed by atoms with van der Waals surface area (Å²) in [7, 11) is 0. The lowest BCUT2D eigenvalue weighted by Crippen LogP contribution is -2.52. The summed E-state index contributed by atoms with van der Waals surface area (Å²) in [4.78, 5) is 41.1. The molecule has 7 rings (SSSR count). The maximum absolute atomic E-state index is 13.1. The Hall–Kier alpha value is -5.14. The van der Waals surface area contributed by atoms with E-state index in [1.165, 1.54) is 0 Å². The summed E-state index contributed by atoms with van der Waals surface area (Å²) in [5.41, 5.74) is 9.01. The molecule has 3 heterocycles. The van der Waals surface area contributed by atoms with Crippen LogP contribution in [0.2, 0.25) is 5.02 Å². The number of rotatable bonds is 9. The molecule has 1 aromatic heterocycles. The van der Waals surface area contributed by atoms with Crippen LogP contribution in [-0.4, -0.2) is 46.9 Å². The number of aromatic nitrogens is 1. The third-order valence-corrected chi connectivity index (χ3v) is 11.0. The summed E-state index contributed by atoms with van der Waals surface area (Å²) >= 11 is 6.57. The van der Waals surface area contributed by atoms with Gasteiger partial charge >= 0.3 is 0 Å². The molecule has 3 amide bonds. The van der Waals surface area contributed by atoms with Gasteiger partial charge in [0.2, 0.25) is 11.8 Å². The predicted molar refractivity (Wildman–Crippen MR) is 196 cm³/mol. The zero-order valence-corrected chi connectivity index (χ0v) is 29.8. The Morgan fingerprint density at radius 2 is 1.78 bits per heavy atom. The highest BCUT2D eigenvalue weighted by Gasteiger charge is 2.39. The molecule has 2 fully saturated rings. The molecule has 0 bridgehead atoms. The molecule has 11 heteroatoms. The fraction of sp³-hybridized carbons (Fsp3) is 0.375. The average molecular weight is 705 g/mol. The van der Waals surface area contributed by atoms with E-state index in [1.54, 1.807) is 11.0 Å². The van der Waals surface area contributed by atoms with Crippen LogP contribution in [0.5, 0.6) is 0 Å². The van der Waals surface area contributed by atoms with E-state index in [0.717, 1.165) is 89.5 Å². The van der Waals surface area contributed by atoms with Crippen molar-refractivity contribution in [2.45, 2.75) is 71.9 Å². The molecule has 262 valence electrons. The SMILES string of the molecule is Cc1ccc(-c2c(C)noc2C)cc1N(CC1CCC(CNc2ccc3c(c2)CN(C2CCC(=O)NC2=O)C3=O)CC1)c1ccc(C#N)c(Cl)c1. The average Bonchev–Trinajstić information content (AvgIpc) is 3.63. The number of fused-ring (bicyclic) bond motifs is 1. The molecule has 4 aromatic rings. The smallest absolute Gasteiger partial charge is 0.255 e. The molecule has 1 saturated carbocycles. The summed E-state index contributed by atoms with van der Waals surface area (Å²) in [5.74, 6) is 0.910. The molecule has 0 spiro atoms. The van der Waals surface area contributed by atoms with Crippen LogP contribution in [0.15, 0.2) is 59.1 Å². The number of carbonyl (C=O) groups excluding carboxylic acids is 3. The Morgan fingerprint density at radius 1 is 1.00 bits per heavy atom. The zero-order valence-electron chi connectivity index (χ0n) is 29.1. The number of hydrogen-bond acceptors (Lipinski definition) is 8. The van der Waals surface area contributed by atoms with E-state index in [1.807, 2.05) is 44.2 Å². The van der Waals surface area contributed by atoms with Crippen molar-refractivity contribution in [3.05, 3.63) is 93.3 Å². The largest absolute Gasteiger partial charge is 0.385 e. The lowest BCUT2D eigenvalue weighted by atomic mass is 9.81. The van der Waals surface area contributed by atoms with Gasteiger partial charge in [0, 0.05) is 54.2 Å². The van der Waals surface area contributed by atoms with Crippen LogP contribution in [-0.2, 0) is 16.1 Å². The number of amides is 3. The van der Waals surface area contributed by atoms with Crippen molar-refractivity contribution in [3.63, 3.8) is 0 Å². The molecular weight excluding hydrogens is 664 g/mol. The van der Waals surface area contributed by atoms with Crippen LogP contribution in [0.25, 0.3) is 11.1 Å². The van der Waals surface area contributed by atoms with Gasteiger partial charge in [0.1, 0.15) is 17.9 Å². The number of aryl methyl sites for hydroxylation is 3. The van der Waals surface area contributed by atoms with Crippen molar-refractivity contribution in [1.29, 1.82) is 5.26 Å². The maximum atomic E-state index is 13.1. The van der Waals surface area contributed by atoms with Gasteiger partial charge in [-0.2, -0.15) is 5.26 Å². The summed E-state index contributed by atoms with van der Waals surface area (Å²) in [6.45, 7) is 8.03. The Labute approximate surface area is 302 Å². The zero-order chi connectivity index (χ0) is 35.8. The molecule has 1 aliphatic carbocycles. The van der Waals surface area contributed by atoms with Crippen molar-refractivity contribution in [2.75, 3.05) is 23.3 Å². The summed E-state index contributed by atoms with van der Waals surface area (Å²) in [5, 5.41) is 20.1. The normalized spacial score (nSPS) is 20.2. The third-order valence-electron chi connectivity index (χ3n) is 10.7. The Bertz CT molecular complexity index is 2040. The summed E-state index contributed by atoms with van der Waals surface area (Å²) in [6, 6.07) is 19.5. The fourth-order valence-corrected chi connectivity index (χ4v) is 8.10. The van der Waals surface area contributed by atoms with Crippen LogP contribution in [0.1, 0.15) is 77.0 Å². The molecule has 1 atom stereocenters. The van der Waals surface area contributed by atoms with E-state index in [-0.39, 0.29) is 18.2 Å². The number of imide groups is 1. The lowest BCUT2D eigenvalue weighted by molar-refractivity contribution is -0.136. The van der Waals surface area contributed by atoms with Crippen LogP contribution in [0.4, 0.5) is 17.1 Å². The first-order chi connectivity index (χ1) is 24.6. The van der Waals surface area contributed by atoms with Gasteiger partial charge in [0.25, 0.3) is 5.91 Å². The first-order valence-corrected chi connectivity index (χ1v) is 18.0. The van der Waals surface area contributed by atoms with Crippen LogP contribution >= 0.6 is 11.6 Å². The highest BCUT2D eigenvalue weighted by atomic mass is 35.5. The molecule has 3 aliphatic rings. The van der Waals surface area contributed by atoms with E-state index < -0.39 is 11.9 Å². The van der Waals surface area contributed by atoms with Crippen molar-refractivity contribution in [1.82, 2.24) is 15.4 Å². The molecular formula is C40H41ClN6O4. The van der Waals surface area contributed by atoms with Gasteiger partial charge < -0.3 is 19.6 Å². The van der Waals surface area contributed by atoms with Crippen LogP contribution in [0.3, 0.4) is 0 Å². The van der Waals surface area contributed by atoms with Gasteiger partial charge in [-0.25, -0.2) is 0 Å². The minimum absolute atomic E-state index is 0.160. The van der Waals surface area contributed by atoms with Crippen molar-refractivity contribution in [2.24, 2.45) is 11.8 Å².